The van der Waals surface area contributed by atoms with E-state index in [0.29, 0.717) is 11.8 Å². The molecule has 0 aromatic rings. The molecule has 0 amide bonds. The average Bonchev–Trinajstić information content (AvgIpc) is 2.55. The molecule has 2 saturated carbocycles. The minimum atomic E-state index is -3.26. The number of fused-ring (bicyclic) bond motifs is 1. The van der Waals surface area contributed by atoms with Crippen LogP contribution in [-0.4, -0.2) is 20.8 Å². The lowest BCUT2D eigenvalue weighted by molar-refractivity contribution is 0.158. The summed E-state index contributed by atoms with van der Waals surface area (Å²) in [5.41, 5.74) is 0. The normalized spacial score (nSPS) is 42.7. The Bertz CT molecular complexity index is 309. The Morgan fingerprint density at radius 3 is 2.36 bits per heavy atom. The van der Waals surface area contributed by atoms with Gasteiger partial charge in [-0.2, -0.15) is 8.42 Å². The molecular formula is C10H18O3S. The highest BCUT2D eigenvalue weighted by atomic mass is 32.2. The molecule has 0 aliphatic heterocycles. The molecule has 4 atom stereocenters. The summed E-state index contributed by atoms with van der Waals surface area (Å²) in [6.07, 6.45) is 5.57. The van der Waals surface area contributed by atoms with Gasteiger partial charge < -0.3 is 0 Å². The SMILES string of the molecule is CC1CCC2C(OS(C)(=O)=O)CCC12. The van der Waals surface area contributed by atoms with E-state index in [2.05, 4.69) is 6.92 Å². The monoisotopic (exact) mass is 218 g/mol. The number of hydrogen-bond donors (Lipinski definition) is 0. The van der Waals surface area contributed by atoms with Gasteiger partial charge in [-0.1, -0.05) is 13.3 Å². The molecule has 3 nitrogen and oxygen atoms in total. The molecule has 0 bridgehead atoms. The Hall–Kier alpha value is -0.0900. The maximum atomic E-state index is 11.0. The van der Waals surface area contributed by atoms with Crippen molar-refractivity contribution in [2.75, 3.05) is 6.26 Å². The van der Waals surface area contributed by atoms with E-state index in [1.54, 1.807) is 0 Å². The summed E-state index contributed by atoms with van der Waals surface area (Å²) >= 11 is 0. The van der Waals surface area contributed by atoms with Gasteiger partial charge in [0.25, 0.3) is 10.1 Å². The van der Waals surface area contributed by atoms with Crippen molar-refractivity contribution in [2.45, 2.75) is 38.7 Å². The van der Waals surface area contributed by atoms with Crippen LogP contribution in [0.2, 0.25) is 0 Å². The van der Waals surface area contributed by atoms with Crippen LogP contribution in [0.25, 0.3) is 0 Å². The second-order valence-corrected chi connectivity index (χ2v) is 6.40. The Morgan fingerprint density at radius 1 is 1.07 bits per heavy atom. The van der Waals surface area contributed by atoms with E-state index in [1.165, 1.54) is 6.42 Å². The van der Waals surface area contributed by atoms with Gasteiger partial charge >= 0.3 is 0 Å². The fourth-order valence-corrected chi connectivity index (χ4v) is 3.87. The molecule has 0 aromatic carbocycles. The molecule has 0 aromatic heterocycles. The minimum absolute atomic E-state index is 0.0278. The molecule has 0 heterocycles. The van der Waals surface area contributed by atoms with Crippen LogP contribution in [-0.2, 0) is 14.3 Å². The van der Waals surface area contributed by atoms with Gasteiger partial charge in [0.1, 0.15) is 0 Å². The first kappa shape index (κ1) is 10.4. The van der Waals surface area contributed by atoms with Gasteiger partial charge in [0, 0.05) is 0 Å². The van der Waals surface area contributed by atoms with Crippen molar-refractivity contribution in [3.05, 3.63) is 0 Å². The van der Waals surface area contributed by atoms with Crippen LogP contribution in [0.1, 0.15) is 32.6 Å². The highest BCUT2D eigenvalue weighted by Crippen LogP contribution is 2.48. The summed E-state index contributed by atoms with van der Waals surface area (Å²) in [7, 11) is -3.26. The second kappa shape index (κ2) is 3.49. The summed E-state index contributed by atoms with van der Waals surface area (Å²) in [4.78, 5) is 0. The highest BCUT2D eigenvalue weighted by Gasteiger charge is 2.44. The quantitative estimate of drug-likeness (QED) is 0.664. The predicted molar refractivity (Wildman–Crippen MR) is 54.3 cm³/mol. The third-order valence-electron chi connectivity index (χ3n) is 3.80. The van der Waals surface area contributed by atoms with E-state index in [9.17, 15) is 8.42 Å². The zero-order valence-corrected chi connectivity index (χ0v) is 9.59. The van der Waals surface area contributed by atoms with Crippen molar-refractivity contribution in [1.29, 1.82) is 0 Å². The third-order valence-corrected chi connectivity index (χ3v) is 4.39. The average molecular weight is 218 g/mol. The van der Waals surface area contributed by atoms with Crippen molar-refractivity contribution in [1.82, 2.24) is 0 Å². The molecule has 2 fully saturated rings. The zero-order valence-electron chi connectivity index (χ0n) is 8.77. The zero-order chi connectivity index (χ0) is 10.3. The Morgan fingerprint density at radius 2 is 1.71 bits per heavy atom. The summed E-state index contributed by atoms with van der Waals surface area (Å²) in [5.74, 6) is 1.97. The van der Waals surface area contributed by atoms with Crippen LogP contribution >= 0.6 is 0 Å². The molecule has 14 heavy (non-hydrogen) atoms. The van der Waals surface area contributed by atoms with Crippen LogP contribution in [0.5, 0.6) is 0 Å². The fourth-order valence-electron chi connectivity index (χ4n) is 3.18. The van der Waals surface area contributed by atoms with E-state index < -0.39 is 10.1 Å². The third kappa shape index (κ3) is 1.96. The fraction of sp³-hybridized carbons (Fsp3) is 1.00. The lowest BCUT2D eigenvalue weighted by Gasteiger charge is -2.18. The summed E-state index contributed by atoms with van der Waals surface area (Å²) in [6.45, 7) is 2.27. The second-order valence-electron chi connectivity index (χ2n) is 4.80. The maximum absolute atomic E-state index is 11.0. The van der Waals surface area contributed by atoms with E-state index in [0.717, 1.165) is 31.4 Å². The van der Waals surface area contributed by atoms with Crippen molar-refractivity contribution < 1.29 is 12.6 Å². The molecule has 2 aliphatic rings. The van der Waals surface area contributed by atoms with E-state index in [1.807, 2.05) is 0 Å². The van der Waals surface area contributed by atoms with Crippen LogP contribution in [0.4, 0.5) is 0 Å². The number of rotatable bonds is 2. The molecule has 2 rings (SSSR count). The topological polar surface area (TPSA) is 43.4 Å². The highest BCUT2D eigenvalue weighted by molar-refractivity contribution is 7.86. The van der Waals surface area contributed by atoms with Gasteiger partial charge in [-0.3, -0.25) is 4.18 Å². The molecule has 0 saturated heterocycles. The van der Waals surface area contributed by atoms with Crippen LogP contribution in [0.15, 0.2) is 0 Å². The molecule has 0 radical (unpaired) electrons. The lowest BCUT2D eigenvalue weighted by Crippen LogP contribution is -2.22. The first-order valence-corrected chi connectivity index (χ1v) is 7.17. The first-order chi connectivity index (χ1) is 6.47. The molecule has 2 aliphatic carbocycles. The Kier molecular flexibility index (Phi) is 2.60. The van der Waals surface area contributed by atoms with Crippen molar-refractivity contribution in [3.63, 3.8) is 0 Å². The largest absolute Gasteiger partial charge is 0.267 e. The van der Waals surface area contributed by atoms with Gasteiger partial charge in [0.15, 0.2) is 0 Å². The predicted octanol–water partition coefficient (Wildman–Crippen LogP) is 1.79. The summed E-state index contributed by atoms with van der Waals surface area (Å²) in [5, 5.41) is 0. The van der Waals surface area contributed by atoms with Crippen molar-refractivity contribution in [2.24, 2.45) is 17.8 Å². The van der Waals surface area contributed by atoms with Crippen LogP contribution < -0.4 is 0 Å². The molecular weight excluding hydrogens is 200 g/mol. The lowest BCUT2D eigenvalue weighted by atomic mass is 9.93. The van der Waals surface area contributed by atoms with Crippen molar-refractivity contribution in [3.8, 4) is 0 Å². The van der Waals surface area contributed by atoms with Gasteiger partial charge in [-0.15, -0.1) is 0 Å². The molecule has 0 spiro atoms. The molecule has 4 unspecified atom stereocenters. The Balaban J connectivity index is 2.04. The van der Waals surface area contributed by atoms with E-state index >= 15 is 0 Å². The van der Waals surface area contributed by atoms with Crippen LogP contribution in [0.3, 0.4) is 0 Å². The van der Waals surface area contributed by atoms with E-state index in [4.69, 9.17) is 4.18 Å². The van der Waals surface area contributed by atoms with Gasteiger partial charge in [0.2, 0.25) is 0 Å². The van der Waals surface area contributed by atoms with Crippen molar-refractivity contribution >= 4 is 10.1 Å². The van der Waals surface area contributed by atoms with Gasteiger partial charge in [-0.05, 0) is 37.0 Å². The maximum Gasteiger partial charge on any atom is 0.264 e. The molecule has 0 N–H and O–H groups in total. The summed E-state index contributed by atoms with van der Waals surface area (Å²) < 4.78 is 27.2. The standard InChI is InChI=1S/C10H18O3S/c1-7-3-4-9-8(7)5-6-10(9)13-14(2,11)12/h7-10H,3-6H2,1-2H3. The summed E-state index contributed by atoms with van der Waals surface area (Å²) in [6, 6.07) is 0. The minimum Gasteiger partial charge on any atom is -0.267 e. The Labute approximate surface area is 86.0 Å². The smallest absolute Gasteiger partial charge is 0.264 e. The molecule has 4 heteroatoms. The van der Waals surface area contributed by atoms with Gasteiger partial charge in [-0.25, -0.2) is 0 Å². The first-order valence-electron chi connectivity index (χ1n) is 5.35. The van der Waals surface area contributed by atoms with Gasteiger partial charge in [0.05, 0.1) is 12.4 Å². The number of hydrogen-bond acceptors (Lipinski definition) is 3. The van der Waals surface area contributed by atoms with Crippen LogP contribution in [0, 0.1) is 17.8 Å². The van der Waals surface area contributed by atoms with E-state index in [-0.39, 0.29) is 6.10 Å². The molecule has 82 valence electrons.